The van der Waals surface area contributed by atoms with Gasteiger partial charge in [0.25, 0.3) is 0 Å². The molecule has 0 radical (unpaired) electrons. The molecule has 0 aromatic heterocycles. The first kappa shape index (κ1) is 13.9. The Morgan fingerprint density at radius 3 is 2.50 bits per heavy atom. The molecule has 4 nitrogen and oxygen atoms in total. The number of likely N-dealkylation sites (N-methyl/N-ethyl adjacent to an activating group) is 1. The fourth-order valence-electron chi connectivity index (χ4n) is 2.45. The van der Waals surface area contributed by atoms with Gasteiger partial charge in [0.1, 0.15) is 0 Å². The lowest BCUT2D eigenvalue weighted by molar-refractivity contribution is -0.0320. The van der Waals surface area contributed by atoms with Crippen LogP contribution >= 0.6 is 0 Å². The molecular weight excluding hydrogens is 204 g/mol. The highest BCUT2D eigenvalue weighted by Gasteiger charge is 2.36. The molecule has 0 amide bonds. The molecule has 0 aromatic carbocycles. The van der Waals surface area contributed by atoms with Crippen molar-refractivity contribution in [1.29, 1.82) is 0 Å². The molecule has 0 aromatic rings. The summed E-state index contributed by atoms with van der Waals surface area (Å²) >= 11 is 0. The number of rotatable bonds is 7. The van der Waals surface area contributed by atoms with Gasteiger partial charge in [-0.2, -0.15) is 0 Å². The summed E-state index contributed by atoms with van der Waals surface area (Å²) < 4.78 is 10.9. The second-order valence-corrected chi connectivity index (χ2v) is 4.32. The maximum atomic E-state index is 5.98. The van der Waals surface area contributed by atoms with Gasteiger partial charge in [-0.25, -0.2) is 0 Å². The quantitative estimate of drug-likeness (QED) is 0.659. The third-order valence-electron chi connectivity index (χ3n) is 3.57. The summed E-state index contributed by atoms with van der Waals surface area (Å²) in [5.41, 5.74) is 6.12. The lowest BCUT2D eigenvalue weighted by atomic mass is 9.88. The Kier molecular flexibility index (Phi) is 6.28. The molecule has 0 unspecified atom stereocenters. The van der Waals surface area contributed by atoms with E-state index >= 15 is 0 Å². The summed E-state index contributed by atoms with van der Waals surface area (Å²) in [5.74, 6) is 0. The normalized spacial score (nSPS) is 20.2. The fourth-order valence-corrected chi connectivity index (χ4v) is 2.45. The lowest BCUT2D eigenvalue weighted by Gasteiger charge is -2.45. The van der Waals surface area contributed by atoms with E-state index in [1.54, 1.807) is 0 Å². The first-order valence-corrected chi connectivity index (χ1v) is 6.39. The summed E-state index contributed by atoms with van der Waals surface area (Å²) in [5, 5.41) is 0. The van der Waals surface area contributed by atoms with Crippen molar-refractivity contribution in [3.05, 3.63) is 0 Å². The van der Waals surface area contributed by atoms with Crippen LogP contribution in [0.3, 0.4) is 0 Å². The maximum Gasteiger partial charge on any atom is 0.0593 e. The summed E-state index contributed by atoms with van der Waals surface area (Å²) in [6.45, 7) is 10.2. The zero-order chi connectivity index (χ0) is 11.9. The van der Waals surface area contributed by atoms with Crippen molar-refractivity contribution in [3.8, 4) is 0 Å². The van der Waals surface area contributed by atoms with Crippen molar-refractivity contribution in [1.82, 2.24) is 4.90 Å². The molecule has 1 saturated heterocycles. The molecule has 2 N–H and O–H groups in total. The zero-order valence-corrected chi connectivity index (χ0v) is 10.7. The third kappa shape index (κ3) is 3.42. The van der Waals surface area contributed by atoms with Crippen LogP contribution in [-0.2, 0) is 9.47 Å². The largest absolute Gasteiger partial charge is 0.381 e. The second kappa shape index (κ2) is 7.22. The van der Waals surface area contributed by atoms with E-state index in [1.165, 1.54) is 0 Å². The molecule has 1 fully saturated rings. The smallest absolute Gasteiger partial charge is 0.0593 e. The molecule has 96 valence electrons. The molecule has 0 aliphatic carbocycles. The maximum absolute atomic E-state index is 5.98. The van der Waals surface area contributed by atoms with Gasteiger partial charge in [-0.3, -0.25) is 4.90 Å². The Morgan fingerprint density at radius 1 is 1.31 bits per heavy atom. The summed E-state index contributed by atoms with van der Waals surface area (Å²) in [6, 6.07) is 0. The molecule has 1 heterocycles. The fraction of sp³-hybridized carbons (Fsp3) is 1.00. The van der Waals surface area contributed by atoms with Crippen LogP contribution in [0.4, 0.5) is 0 Å². The Morgan fingerprint density at radius 2 is 2.00 bits per heavy atom. The van der Waals surface area contributed by atoms with Crippen LogP contribution in [0.5, 0.6) is 0 Å². The first-order chi connectivity index (χ1) is 7.79. The minimum absolute atomic E-state index is 0.143. The van der Waals surface area contributed by atoms with E-state index in [9.17, 15) is 0 Å². The lowest BCUT2D eigenvalue weighted by Crippen LogP contribution is -2.57. The van der Waals surface area contributed by atoms with Crippen molar-refractivity contribution in [2.45, 2.75) is 32.2 Å². The highest BCUT2D eigenvalue weighted by Crippen LogP contribution is 2.26. The van der Waals surface area contributed by atoms with Crippen LogP contribution in [0.15, 0.2) is 0 Å². The summed E-state index contributed by atoms with van der Waals surface area (Å²) in [7, 11) is 0. The van der Waals surface area contributed by atoms with Gasteiger partial charge in [-0.15, -0.1) is 0 Å². The van der Waals surface area contributed by atoms with Crippen molar-refractivity contribution in [2.75, 3.05) is 46.1 Å². The molecule has 16 heavy (non-hydrogen) atoms. The van der Waals surface area contributed by atoms with Crippen molar-refractivity contribution in [3.63, 3.8) is 0 Å². The SMILES string of the molecule is CCOCCN(CC)C1(CN)CCOCC1. The molecule has 0 atom stereocenters. The number of hydrogen-bond donors (Lipinski definition) is 1. The summed E-state index contributed by atoms with van der Waals surface area (Å²) in [6.07, 6.45) is 2.09. The van der Waals surface area contributed by atoms with Crippen LogP contribution in [0.25, 0.3) is 0 Å². The van der Waals surface area contributed by atoms with Gasteiger partial charge in [-0.05, 0) is 26.3 Å². The number of hydrogen-bond acceptors (Lipinski definition) is 4. The van der Waals surface area contributed by atoms with Gasteiger partial charge in [0.2, 0.25) is 0 Å². The van der Waals surface area contributed by atoms with Gasteiger partial charge in [-0.1, -0.05) is 6.92 Å². The minimum atomic E-state index is 0.143. The van der Waals surface area contributed by atoms with Crippen LogP contribution < -0.4 is 5.73 Å². The predicted octanol–water partition coefficient (Wildman–Crippen LogP) is 0.853. The average molecular weight is 230 g/mol. The average Bonchev–Trinajstić information content (AvgIpc) is 2.35. The van der Waals surface area contributed by atoms with E-state index in [4.69, 9.17) is 15.2 Å². The molecule has 0 bridgehead atoms. The van der Waals surface area contributed by atoms with Crippen LogP contribution in [0, 0.1) is 0 Å². The Bertz CT molecular complexity index is 182. The molecule has 1 aliphatic heterocycles. The Hall–Kier alpha value is -0.160. The minimum Gasteiger partial charge on any atom is -0.381 e. The zero-order valence-electron chi connectivity index (χ0n) is 10.7. The molecule has 0 saturated carbocycles. The van der Waals surface area contributed by atoms with E-state index in [0.717, 1.165) is 58.9 Å². The van der Waals surface area contributed by atoms with Crippen molar-refractivity contribution < 1.29 is 9.47 Å². The first-order valence-electron chi connectivity index (χ1n) is 6.39. The van der Waals surface area contributed by atoms with Gasteiger partial charge in [0.15, 0.2) is 0 Å². The highest BCUT2D eigenvalue weighted by atomic mass is 16.5. The third-order valence-corrected chi connectivity index (χ3v) is 3.57. The molecule has 4 heteroatoms. The molecule has 0 spiro atoms. The summed E-state index contributed by atoms with van der Waals surface area (Å²) in [4.78, 5) is 2.46. The highest BCUT2D eigenvalue weighted by molar-refractivity contribution is 4.93. The number of nitrogens with zero attached hydrogens (tertiary/aromatic N) is 1. The van der Waals surface area contributed by atoms with Gasteiger partial charge < -0.3 is 15.2 Å². The standard InChI is InChI=1S/C12H26N2O2/c1-3-14(7-10-15-4-2)12(11-13)5-8-16-9-6-12/h3-11,13H2,1-2H3. The molecule has 1 rings (SSSR count). The van der Waals surface area contributed by atoms with Crippen LogP contribution in [0.2, 0.25) is 0 Å². The molecule has 1 aliphatic rings. The Balaban J connectivity index is 2.51. The van der Waals surface area contributed by atoms with E-state index in [1.807, 2.05) is 6.92 Å². The number of nitrogens with two attached hydrogens (primary N) is 1. The van der Waals surface area contributed by atoms with Crippen molar-refractivity contribution >= 4 is 0 Å². The van der Waals surface area contributed by atoms with E-state index in [0.29, 0.717) is 0 Å². The second-order valence-electron chi connectivity index (χ2n) is 4.32. The van der Waals surface area contributed by atoms with E-state index in [2.05, 4.69) is 11.8 Å². The van der Waals surface area contributed by atoms with Crippen LogP contribution in [-0.4, -0.2) is 56.5 Å². The Labute approximate surface area is 99.1 Å². The van der Waals surface area contributed by atoms with Gasteiger partial charge in [0, 0.05) is 38.4 Å². The topological polar surface area (TPSA) is 47.7 Å². The van der Waals surface area contributed by atoms with Crippen molar-refractivity contribution in [2.24, 2.45) is 5.73 Å². The molecular formula is C12H26N2O2. The van der Waals surface area contributed by atoms with E-state index in [-0.39, 0.29) is 5.54 Å². The number of ether oxygens (including phenoxy) is 2. The van der Waals surface area contributed by atoms with Crippen LogP contribution in [0.1, 0.15) is 26.7 Å². The van der Waals surface area contributed by atoms with Gasteiger partial charge >= 0.3 is 0 Å². The van der Waals surface area contributed by atoms with E-state index < -0.39 is 0 Å². The predicted molar refractivity (Wildman–Crippen MR) is 65.6 cm³/mol. The monoisotopic (exact) mass is 230 g/mol. The van der Waals surface area contributed by atoms with Gasteiger partial charge in [0.05, 0.1) is 6.61 Å².